The Balaban J connectivity index is 1.65. The lowest BCUT2D eigenvalue weighted by molar-refractivity contribution is -0.185. The highest BCUT2D eigenvalue weighted by Crippen LogP contribution is 2.57. The number of hydrogen-bond donors (Lipinski definition) is 2. The average Bonchev–Trinajstić information content (AvgIpc) is 3.22. The second kappa shape index (κ2) is 5.89. The third-order valence-electron chi connectivity index (χ3n) is 4.88. The van der Waals surface area contributed by atoms with Crippen molar-refractivity contribution in [2.75, 3.05) is 6.54 Å². The van der Waals surface area contributed by atoms with Crippen molar-refractivity contribution in [1.29, 1.82) is 0 Å². The van der Waals surface area contributed by atoms with E-state index in [1.165, 1.54) is 6.07 Å². The molecule has 1 aliphatic rings. The molecule has 0 aliphatic heterocycles. The average molecular weight is 356 g/mol. The number of amides is 1. The maximum atomic E-state index is 12.9. The van der Waals surface area contributed by atoms with Gasteiger partial charge in [-0.05, 0) is 38.7 Å². The Morgan fingerprint density at radius 3 is 2.68 bits per heavy atom. The first-order valence-corrected chi connectivity index (χ1v) is 8.04. The highest BCUT2D eigenvalue weighted by Gasteiger charge is 2.63. The Morgan fingerprint density at radius 2 is 2.08 bits per heavy atom. The number of aromatic amines is 1. The number of rotatable bonds is 5. The van der Waals surface area contributed by atoms with Gasteiger partial charge in [-0.25, -0.2) is 9.50 Å². The van der Waals surface area contributed by atoms with Gasteiger partial charge in [-0.1, -0.05) is 0 Å². The van der Waals surface area contributed by atoms with E-state index in [9.17, 15) is 22.8 Å². The highest BCUT2D eigenvalue weighted by molar-refractivity contribution is 5.76. The maximum absolute atomic E-state index is 12.9. The van der Waals surface area contributed by atoms with Crippen molar-refractivity contribution < 1.29 is 18.0 Å². The topological polar surface area (TPSA) is 79.3 Å². The van der Waals surface area contributed by atoms with Crippen molar-refractivity contribution in [2.45, 2.75) is 45.7 Å². The number of carbonyl (C=O) groups excluding carboxylic acids is 1. The van der Waals surface area contributed by atoms with Gasteiger partial charge in [-0.15, -0.1) is 0 Å². The van der Waals surface area contributed by atoms with Gasteiger partial charge in [-0.3, -0.25) is 14.7 Å². The Labute approximate surface area is 141 Å². The molecule has 1 amide bonds. The summed E-state index contributed by atoms with van der Waals surface area (Å²) < 4.78 is 40.1. The van der Waals surface area contributed by atoms with E-state index >= 15 is 0 Å². The Kier molecular flexibility index (Phi) is 4.12. The summed E-state index contributed by atoms with van der Waals surface area (Å²) >= 11 is 0. The van der Waals surface area contributed by atoms with Gasteiger partial charge in [0.25, 0.3) is 5.56 Å². The summed E-state index contributed by atoms with van der Waals surface area (Å²) in [5, 5.41) is 5.02. The minimum atomic E-state index is -4.28. The standard InChI is InChI=1S/C16H19F3N4O2/c1-9-11(10(2)23-12(21-9)7-14(25)22-23)3-4-13(24)20-8-15(5-6-15)16(17,18)19/h7H,3-6,8H2,1-2H3,(H,20,24)(H,22,25). The molecule has 0 aromatic carbocycles. The molecule has 2 aromatic rings. The molecule has 2 N–H and O–H groups in total. The zero-order valence-corrected chi connectivity index (χ0v) is 14.0. The van der Waals surface area contributed by atoms with Crippen LogP contribution in [0.15, 0.2) is 10.9 Å². The van der Waals surface area contributed by atoms with E-state index in [2.05, 4.69) is 15.4 Å². The molecule has 0 saturated heterocycles. The largest absolute Gasteiger partial charge is 0.396 e. The first-order chi connectivity index (χ1) is 11.6. The summed E-state index contributed by atoms with van der Waals surface area (Å²) in [4.78, 5) is 27.7. The van der Waals surface area contributed by atoms with E-state index in [0.717, 1.165) is 11.3 Å². The molecule has 25 heavy (non-hydrogen) atoms. The minimum Gasteiger partial charge on any atom is -0.355 e. The fourth-order valence-corrected chi connectivity index (χ4v) is 3.02. The summed E-state index contributed by atoms with van der Waals surface area (Å²) in [5.74, 6) is -0.421. The number of H-pyrrole nitrogens is 1. The molecule has 9 heteroatoms. The third kappa shape index (κ3) is 3.27. The molecule has 1 fully saturated rings. The number of alkyl halides is 3. The maximum Gasteiger partial charge on any atom is 0.396 e. The fraction of sp³-hybridized carbons (Fsp3) is 0.562. The quantitative estimate of drug-likeness (QED) is 0.860. The number of halogens is 3. The predicted molar refractivity (Wildman–Crippen MR) is 84.3 cm³/mol. The van der Waals surface area contributed by atoms with Crippen LogP contribution in [0.1, 0.15) is 36.2 Å². The smallest absolute Gasteiger partial charge is 0.355 e. The normalized spacial score (nSPS) is 16.2. The van der Waals surface area contributed by atoms with Crippen LogP contribution in [0.2, 0.25) is 0 Å². The van der Waals surface area contributed by atoms with Crippen LogP contribution in [0.4, 0.5) is 13.2 Å². The fourth-order valence-electron chi connectivity index (χ4n) is 3.02. The summed E-state index contributed by atoms with van der Waals surface area (Å²) in [6.45, 7) is 3.21. The number of aromatic nitrogens is 3. The second-order valence-electron chi connectivity index (χ2n) is 6.63. The van der Waals surface area contributed by atoms with Gasteiger partial charge in [0, 0.05) is 30.4 Å². The minimum absolute atomic E-state index is 0.0638. The molecule has 0 atom stereocenters. The highest BCUT2D eigenvalue weighted by atomic mass is 19.4. The lowest BCUT2D eigenvalue weighted by Crippen LogP contribution is -2.38. The number of fused-ring (bicyclic) bond motifs is 1. The first kappa shape index (κ1) is 17.5. The number of hydrogen-bond acceptors (Lipinski definition) is 3. The second-order valence-corrected chi connectivity index (χ2v) is 6.63. The molecule has 1 aliphatic carbocycles. The molecule has 1 saturated carbocycles. The number of nitrogens with one attached hydrogen (secondary N) is 2. The monoisotopic (exact) mass is 356 g/mol. The van der Waals surface area contributed by atoms with Crippen molar-refractivity contribution in [3.63, 3.8) is 0 Å². The summed E-state index contributed by atoms with van der Waals surface area (Å²) in [6, 6.07) is 1.38. The van der Waals surface area contributed by atoms with Crippen LogP contribution in [0, 0.1) is 19.3 Å². The molecule has 0 spiro atoms. The number of carbonyl (C=O) groups is 1. The van der Waals surface area contributed by atoms with E-state index in [4.69, 9.17) is 0 Å². The molecule has 6 nitrogen and oxygen atoms in total. The number of aryl methyl sites for hydroxylation is 2. The van der Waals surface area contributed by atoms with Gasteiger partial charge in [0.15, 0.2) is 5.65 Å². The molecular weight excluding hydrogens is 337 g/mol. The lowest BCUT2D eigenvalue weighted by Gasteiger charge is -2.19. The zero-order valence-electron chi connectivity index (χ0n) is 14.0. The van der Waals surface area contributed by atoms with Crippen molar-refractivity contribution in [2.24, 2.45) is 5.41 Å². The van der Waals surface area contributed by atoms with E-state index in [0.29, 0.717) is 17.8 Å². The SMILES string of the molecule is Cc1nc2cc(=O)[nH]n2c(C)c1CCC(=O)NCC1(C(F)(F)F)CC1. The summed E-state index contributed by atoms with van der Waals surface area (Å²) in [7, 11) is 0. The van der Waals surface area contributed by atoms with Gasteiger partial charge in [0.1, 0.15) is 0 Å². The van der Waals surface area contributed by atoms with Crippen molar-refractivity contribution in [3.05, 3.63) is 33.4 Å². The van der Waals surface area contributed by atoms with Crippen molar-refractivity contribution in [1.82, 2.24) is 19.9 Å². The molecule has 3 rings (SSSR count). The molecular formula is C16H19F3N4O2. The first-order valence-electron chi connectivity index (χ1n) is 8.04. The summed E-state index contributed by atoms with van der Waals surface area (Å²) in [5.41, 5.74) is 0.733. The van der Waals surface area contributed by atoms with Crippen LogP contribution < -0.4 is 10.9 Å². The molecule has 0 radical (unpaired) electrons. The van der Waals surface area contributed by atoms with E-state index in [1.54, 1.807) is 18.4 Å². The van der Waals surface area contributed by atoms with Crippen molar-refractivity contribution >= 4 is 11.6 Å². The molecule has 136 valence electrons. The summed E-state index contributed by atoms with van der Waals surface area (Å²) in [6.07, 6.45) is -3.74. The molecule has 0 unspecified atom stereocenters. The van der Waals surface area contributed by atoms with Crippen LogP contribution in [0.3, 0.4) is 0 Å². The van der Waals surface area contributed by atoms with Gasteiger partial charge < -0.3 is 5.32 Å². The van der Waals surface area contributed by atoms with Crippen LogP contribution in [-0.4, -0.2) is 33.2 Å². The van der Waals surface area contributed by atoms with E-state index in [-0.39, 0.29) is 31.4 Å². The van der Waals surface area contributed by atoms with Crippen LogP contribution in [0.25, 0.3) is 5.65 Å². The zero-order chi connectivity index (χ0) is 18.4. The Bertz CT molecular complexity index is 878. The molecule has 2 aromatic heterocycles. The van der Waals surface area contributed by atoms with Gasteiger partial charge in [0.05, 0.1) is 5.41 Å². The van der Waals surface area contributed by atoms with Gasteiger partial charge in [0.2, 0.25) is 5.91 Å². The number of nitrogens with zero attached hydrogens (tertiary/aromatic N) is 2. The molecule has 0 bridgehead atoms. The van der Waals surface area contributed by atoms with Gasteiger partial charge in [-0.2, -0.15) is 13.2 Å². The lowest BCUT2D eigenvalue weighted by atomic mass is 10.1. The van der Waals surface area contributed by atoms with Crippen LogP contribution in [-0.2, 0) is 11.2 Å². The van der Waals surface area contributed by atoms with Crippen LogP contribution >= 0.6 is 0 Å². The van der Waals surface area contributed by atoms with Gasteiger partial charge >= 0.3 is 6.18 Å². The Hall–Kier alpha value is -2.32. The predicted octanol–water partition coefficient (Wildman–Crippen LogP) is 2.03. The molecule has 2 heterocycles. The van der Waals surface area contributed by atoms with Crippen molar-refractivity contribution in [3.8, 4) is 0 Å². The van der Waals surface area contributed by atoms with Crippen LogP contribution in [0.5, 0.6) is 0 Å². The van der Waals surface area contributed by atoms with E-state index in [1.807, 2.05) is 0 Å². The third-order valence-corrected chi connectivity index (χ3v) is 4.88. The van der Waals surface area contributed by atoms with E-state index < -0.39 is 17.5 Å². The Morgan fingerprint density at radius 1 is 1.40 bits per heavy atom.